The smallest absolute Gasteiger partial charge is 0.351 e. The minimum Gasteiger partial charge on any atom is -0.351 e. The summed E-state index contributed by atoms with van der Waals surface area (Å²) in [6, 6.07) is 6.19. The molecule has 0 heterocycles. The maximum atomic E-state index is 12.3. The van der Waals surface area contributed by atoms with E-state index in [1.165, 1.54) is 24.3 Å². The van der Waals surface area contributed by atoms with Gasteiger partial charge in [-0.05, 0) is 63.7 Å². The van der Waals surface area contributed by atoms with Crippen molar-refractivity contribution >= 4 is 17.7 Å². The molecular weight excluding hydrogens is 325 g/mol. The van der Waals surface area contributed by atoms with E-state index in [2.05, 4.69) is 37.9 Å². The van der Waals surface area contributed by atoms with Gasteiger partial charge in [-0.1, -0.05) is 0 Å². The largest absolute Gasteiger partial charge is 0.446 e. The Kier molecular flexibility index (Phi) is 7.41. The number of alkyl halides is 3. The van der Waals surface area contributed by atoms with Gasteiger partial charge in [0, 0.05) is 35.6 Å². The fourth-order valence-electron chi connectivity index (χ4n) is 2.32. The maximum absolute atomic E-state index is 12.3. The van der Waals surface area contributed by atoms with Crippen LogP contribution in [0.25, 0.3) is 0 Å². The molecule has 1 rings (SSSR count). The molecule has 23 heavy (non-hydrogen) atoms. The molecule has 0 aliphatic heterocycles. The summed E-state index contributed by atoms with van der Waals surface area (Å²) in [5, 5.41) is 2.80. The van der Waals surface area contributed by atoms with Gasteiger partial charge in [0.25, 0.3) is 5.91 Å². The highest BCUT2D eigenvalue weighted by molar-refractivity contribution is 8.00. The summed E-state index contributed by atoms with van der Waals surface area (Å²) in [7, 11) is 0. The van der Waals surface area contributed by atoms with Crippen molar-refractivity contribution in [2.45, 2.75) is 50.2 Å². The van der Waals surface area contributed by atoms with Crippen LogP contribution in [0.5, 0.6) is 0 Å². The Morgan fingerprint density at radius 3 is 2.09 bits per heavy atom. The van der Waals surface area contributed by atoms with E-state index >= 15 is 0 Å². The van der Waals surface area contributed by atoms with Crippen LogP contribution in [0.1, 0.15) is 38.1 Å². The molecule has 1 amide bonds. The average molecular weight is 348 g/mol. The van der Waals surface area contributed by atoms with E-state index in [0.717, 1.165) is 6.54 Å². The second-order valence-corrected chi connectivity index (χ2v) is 6.89. The predicted octanol–water partition coefficient (Wildman–Crippen LogP) is 4.15. The van der Waals surface area contributed by atoms with Crippen LogP contribution in [0.2, 0.25) is 0 Å². The van der Waals surface area contributed by atoms with E-state index in [9.17, 15) is 18.0 Å². The first kappa shape index (κ1) is 19.8. The number of halogens is 3. The minimum absolute atomic E-state index is 0.0693. The number of hydrogen-bond acceptors (Lipinski definition) is 3. The fourth-order valence-corrected chi connectivity index (χ4v) is 2.86. The summed E-state index contributed by atoms with van der Waals surface area (Å²) in [4.78, 5) is 14.3. The van der Waals surface area contributed by atoms with Crippen LogP contribution in [0.3, 0.4) is 0 Å². The van der Waals surface area contributed by atoms with E-state index in [-0.39, 0.29) is 22.6 Å². The molecule has 0 fully saturated rings. The molecule has 0 bridgehead atoms. The molecule has 1 aromatic rings. The highest BCUT2D eigenvalue weighted by atomic mass is 32.2. The number of nitrogens with zero attached hydrogens (tertiary/aromatic N) is 1. The van der Waals surface area contributed by atoms with Crippen molar-refractivity contribution < 1.29 is 18.0 Å². The third kappa shape index (κ3) is 7.26. The molecular formula is C16H23F3N2OS. The molecule has 0 unspecified atom stereocenters. The molecule has 0 atom stereocenters. The molecule has 0 aromatic heterocycles. The summed E-state index contributed by atoms with van der Waals surface area (Å²) in [6.45, 7) is 9.60. The van der Waals surface area contributed by atoms with Crippen LogP contribution in [0.4, 0.5) is 13.2 Å². The summed E-state index contributed by atoms with van der Waals surface area (Å²) >= 11 is -0.189. The van der Waals surface area contributed by atoms with Crippen LogP contribution in [-0.2, 0) is 0 Å². The molecule has 0 spiro atoms. The second-order valence-electron chi connectivity index (χ2n) is 5.75. The van der Waals surface area contributed by atoms with E-state index in [1.807, 2.05) is 0 Å². The van der Waals surface area contributed by atoms with Gasteiger partial charge in [0.05, 0.1) is 0 Å². The van der Waals surface area contributed by atoms with Crippen molar-refractivity contribution in [2.24, 2.45) is 0 Å². The van der Waals surface area contributed by atoms with Gasteiger partial charge >= 0.3 is 5.51 Å². The molecule has 3 nitrogen and oxygen atoms in total. The molecule has 0 radical (unpaired) electrons. The SMILES string of the molecule is CC(C)N(CCNC(=O)c1ccc(SC(F)(F)F)cc1)C(C)C. The van der Waals surface area contributed by atoms with E-state index in [1.54, 1.807) is 0 Å². The van der Waals surface area contributed by atoms with Crippen molar-refractivity contribution in [2.75, 3.05) is 13.1 Å². The summed E-state index contributed by atoms with van der Waals surface area (Å²) < 4.78 is 36.8. The number of hydrogen-bond donors (Lipinski definition) is 1. The van der Waals surface area contributed by atoms with Crippen molar-refractivity contribution in [3.63, 3.8) is 0 Å². The normalized spacial score (nSPS) is 12.3. The van der Waals surface area contributed by atoms with Gasteiger partial charge in [0.15, 0.2) is 0 Å². The highest BCUT2D eigenvalue weighted by Crippen LogP contribution is 2.36. The first-order chi connectivity index (χ1) is 10.6. The van der Waals surface area contributed by atoms with Gasteiger partial charge < -0.3 is 5.32 Å². The van der Waals surface area contributed by atoms with Crippen LogP contribution in [0, 0.1) is 0 Å². The Hall–Kier alpha value is -1.21. The Bertz CT molecular complexity index is 493. The zero-order valence-corrected chi connectivity index (χ0v) is 14.6. The topological polar surface area (TPSA) is 32.3 Å². The van der Waals surface area contributed by atoms with E-state index in [0.29, 0.717) is 24.2 Å². The molecule has 0 saturated carbocycles. The molecule has 0 aliphatic rings. The first-order valence-electron chi connectivity index (χ1n) is 7.50. The molecule has 1 aromatic carbocycles. The van der Waals surface area contributed by atoms with Crippen molar-refractivity contribution in [3.8, 4) is 0 Å². The van der Waals surface area contributed by atoms with Crippen LogP contribution >= 0.6 is 11.8 Å². The molecule has 1 N–H and O–H groups in total. The Morgan fingerprint density at radius 2 is 1.65 bits per heavy atom. The lowest BCUT2D eigenvalue weighted by molar-refractivity contribution is -0.0328. The number of rotatable bonds is 7. The average Bonchev–Trinajstić information content (AvgIpc) is 2.41. The van der Waals surface area contributed by atoms with Crippen molar-refractivity contribution in [3.05, 3.63) is 29.8 Å². The summed E-state index contributed by atoms with van der Waals surface area (Å²) in [6.07, 6.45) is 0. The second kappa shape index (κ2) is 8.59. The lowest BCUT2D eigenvalue weighted by Crippen LogP contribution is -2.42. The minimum atomic E-state index is -4.32. The van der Waals surface area contributed by atoms with Crippen molar-refractivity contribution in [1.29, 1.82) is 0 Å². The Balaban J connectivity index is 2.52. The first-order valence-corrected chi connectivity index (χ1v) is 8.31. The molecule has 0 saturated heterocycles. The lowest BCUT2D eigenvalue weighted by atomic mass is 10.2. The highest BCUT2D eigenvalue weighted by Gasteiger charge is 2.29. The third-order valence-electron chi connectivity index (χ3n) is 3.33. The third-order valence-corrected chi connectivity index (χ3v) is 4.07. The fraction of sp³-hybridized carbons (Fsp3) is 0.562. The van der Waals surface area contributed by atoms with Crippen LogP contribution < -0.4 is 5.32 Å². The van der Waals surface area contributed by atoms with E-state index in [4.69, 9.17) is 0 Å². The number of thioether (sulfide) groups is 1. The monoisotopic (exact) mass is 348 g/mol. The van der Waals surface area contributed by atoms with Gasteiger partial charge in [0.1, 0.15) is 0 Å². The maximum Gasteiger partial charge on any atom is 0.446 e. The molecule has 0 aliphatic carbocycles. The van der Waals surface area contributed by atoms with Gasteiger partial charge in [-0.2, -0.15) is 13.2 Å². The Labute approximate surface area is 139 Å². The Morgan fingerprint density at radius 1 is 1.13 bits per heavy atom. The molecule has 7 heteroatoms. The zero-order valence-electron chi connectivity index (χ0n) is 13.8. The van der Waals surface area contributed by atoms with Gasteiger partial charge in [-0.25, -0.2) is 0 Å². The number of benzene rings is 1. The number of carbonyl (C=O) groups is 1. The van der Waals surface area contributed by atoms with Gasteiger partial charge in [0.2, 0.25) is 0 Å². The number of nitrogens with one attached hydrogen (secondary N) is 1. The number of amides is 1. The van der Waals surface area contributed by atoms with Crippen molar-refractivity contribution in [1.82, 2.24) is 10.2 Å². The molecule has 130 valence electrons. The predicted molar refractivity (Wildman–Crippen MR) is 87.7 cm³/mol. The van der Waals surface area contributed by atoms with Crippen LogP contribution in [-0.4, -0.2) is 41.5 Å². The number of carbonyl (C=O) groups excluding carboxylic acids is 1. The summed E-state index contributed by atoms with van der Waals surface area (Å²) in [5.41, 5.74) is -3.96. The van der Waals surface area contributed by atoms with Gasteiger partial charge in [-0.3, -0.25) is 9.69 Å². The lowest BCUT2D eigenvalue weighted by Gasteiger charge is -2.30. The quantitative estimate of drug-likeness (QED) is 0.752. The van der Waals surface area contributed by atoms with E-state index < -0.39 is 5.51 Å². The zero-order chi connectivity index (χ0) is 17.6. The van der Waals surface area contributed by atoms with Gasteiger partial charge in [-0.15, -0.1) is 0 Å². The van der Waals surface area contributed by atoms with Crippen LogP contribution in [0.15, 0.2) is 29.2 Å². The standard InChI is InChI=1S/C16H23F3N2OS/c1-11(2)21(12(3)4)10-9-20-15(22)13-5-7-14(8-6-13)23-16(17,18)19/h5-8,11-12H,9-10H2,1-4H3,(H,20,22). The summed E-state index contributed by atoms with van der Waals surface area (Å²) in [5.74, 6) is -0.277.